The number of carbonyl (C=O) groups excluding carboxylic acids is 1. The Kier molecular flexibility index (Phi) is 2.93. The zero-order chi connectivity index (χ0) is 11.6. The lowest BCUT2D eigenvalue weighted by atomic mass is 10.0. The van der Waals surface area contributed by atoms with Gasteiger partial charge in [-0.1, -0.05) is 6.58 Å². The van der Waals surface area contributed by atoms with E-state index in [0.717, 1.165) is 0 Å². The molecule has 0 aliphatic carbocycles. The number of hydrogen-bond donors (Lipinski definition) is 0. The van der Waals surface area contributed by atoms with Crippen LogP contribution in [-0.4, -0.2) is 5.78 Å². The molecular weight excluding hydrogens is 212 g/mol. The highest BCUT2D eigenvalue weighted by Gasteiger charge is 2.34. The molecule has 1 nitrogen and oxygen atoms in total. The minimum atomic E-state index is -4.68. The first kappa shape index (κ1) is 11.4. The normalized spacial score (nSPS) is 11.2. The van der Waals surface area contributed by atoms with E-state index in [1.807, 2.05) is 0 Å². The van der Waals surface area contributed by atoms with Crippen LogP contribution in [-0.2, 0) is 6.18 Å². The maximum Gasteiger partial charge on any atom is 0.417 e. The Hall–Kier alpha value is -1.65. The lowest BCUT2D eigenvalue weighted by molar-refractivity contribution is -0.137. The summed E-state index contributed by atoms with van der Waals surface area (Å²) in [5.74, 6) is -1.85. The van der Waals surface area contributed by atoms with Crippen LogP contribution in [0.15, 0.2) is 30.9 Å². The molecule has 1 aromatic carbocycles. The van der Waals surface area contributed by atoms with E-state index in [0.29, 0.717) is 24.3 Å². The highest BCUT2D eigenvalue weighted by molar-refractivity contribution is 6.05. The second-order valence-electron chi connectivity index (χ2n) is 2.76. The lowest BCUT2D eigenvalue weighted by Crippen LogP contribution is -2.12. The maximum absolute atomic E-state index is 12.7. The molecule has 0 bridgehead atoms. The van der Waals surface area contributed by atoms with Gasteiger partial charge in [0.2, 0.25) is 0 Å². The molecule has 5 heteroatoms. The van der Waals surface area contributed by atoms with E-state index in [1.54, 1.807) is 0 Å². The quantitative estimate of drug-likeness (QED) is 0.423. The van der Waals surface area contributed by atoms with E-state index in [-0.39, 0.29) is 0 Å². The van der Waals surface area contributed by atoms with Crippen LogP contribution in [0.1, 0.15) is 15.9 Å². The Morgan fingerprint density at radius 2 is 1.93 bits per heavy atom. The molecule has 0 unspecified atom stereocenters. The molecule has 0 saturated carbocycles. The molecule has 15 heavy (non-hydrogen) atoms. The molecule has 0 fully saturated rings. The summed E-state index contributed by atoms with van der Waals surface area (Å²) < 4.78 is 49.8. The van der Waals surface area contributed by atoms with Crippen molar-refractivity contribution in [2.24, 2.45) is 0 Å². The predicted octanol–water partition coefficient (Wildman–Crippen LogP) is 3.21. The van der Waals surface area contributed by atoms with Crippen molar-refractivity contribution < 1.29 is 22.4 Å². The number of carbonyl (C=O) groups is 1. The first-order valence-electron chi connectivity index (χ1n) is 3.90. The maximum atomic E-state index is 12.7. The summed E-state index contributed by atoms with van der Waals surface area (Å²) in [4.78, 5) is 11.0. The second kappa shape index (κ2) is 3.84. The molecule has 0 atom stereocenters. The van der Waals surface area contributed by atoms with Gasteiger partial charge < -0.3 is 0 Å². The van der Waals surface area contributed by atoms with Crippen LogP contribution < -0.4 is 0 Å². The zero-order valence-electron chi connectivity index (χ0n) is 7.44. The van der Waals surface area contributed by atoms with Crippen molar-refractivity contribution >= 4 is 5.78 Å². The van der Waals surface area contributed by atoms with Gasteiger partial charge in [-0.15, -0.1) is 0 Å². The highest BCUT2D eigenvalue weighted by Crippen LogP contribution is 2.32. The molecule has 0 heterocycles. The van der Waals surface area contributed by atoms with Crippen LogP contribution in [0.4, 0.5) is 17.6 Å². The molecule has 0 aromatic heterocycles. The predicted molar refractivity (Wildman–Crippen MR) is 45.9 cm³/mol. The van der Waals surface area contributed by atoms with Crippen molar-refractivity contribution in [3.63, 3.8) is 0 Å². The summed E-state index contributed by atoms with van der Waals surface area (Å²) in [6.45, 7) is 3.05. The Bertz CT molecular complexity index is 406. The van der Waals surface area contributed by atoms with E-state index in [1.165, 1.54) is 0 Å². The largest absolute Gasteiger partial charge is 0.417 e. The number of rotatable bonds is 2. The van der Waals surface area contributed by atoms with Gasteiger partial charge in [-0.25, -0.2) is 4.39 Å². The number of alkyl halides is 3. The smallest absolute Gasteiger partial charge is 0.289 e. The average molecular weight is 218 g/mol. The highest BCUT2D eigenvalue weighted by atomic mass is 19.4. The molecule has 1 aromatic rings. The van der Waals surface area contributed by atoms with E-state index < -0.39 is 28.9 Å². The molecule has 0 radical (unpaired) electrons. The molecular formula is C10H6F4O. The van der Waals surface area contributed by atoms with Gasteiger partial charge in [0, 0.05) is 5.56 Å². The first-order valence-corrected chi connectivity index (χ1v) is 3.90. The molecule has 0 aliphatic heterocycles. The van der Waals surface area contributed by atoms with Crippen molar-refractivity contribution in [2.75, 3.05) is 0 Å². The van der Waals surface area contributed by atoms with Crippen LogP contribution in [0.2, 0.25) is 0 Å². The third-order valence-electron chi connectivity index (χ3n) is 1.74. The van der Waals surface area contributed by atoms with E-state index >= 15 is 0 Å². The number of allylic oxidation sites excluding steroid dienone is 1. The van der Waals surface area contributed by atoms with Crippen molar-refractivity contribution in [3.05, 3.63) is 47.8 Å². The van der Waals surface area contributed by atoms with Crippen LogP contribution >= 0.6 is 0 Å². The molecule has 1 rings (SSSR count). The monoisotopic (exact) mass is 218 g/mol. The van der Waals surface area contributed by atoms with Crippen LogP contribution in [0.25, 0.3) is 0 Å². The molecule has 0 saturated heterocycles. The summed E-state index contributed by atoms with van der Waals surface area (Å²) in [5.41, 5.74) is -1.88. The van der Waals surface area contributed by atoms with Crippen molar-refractivity contribution in [2.45, 2.75) is 6.18 Å². The van der Waals surface area contributed by atoms with Gasteiger partial charge in [-0.2, -0.15) is 13.2 Å². The van der Waals surface area contributed by atoms with Crippen LogP contribution in [0, 0.1) is 5.82 Å². The second-order valence-corrected chi connectivity index (χ2v) is 2.76. The topological polar surface area (TPSA) is 17.1 Å². The Morgan fingerprint density at radius 1 is 1.33 bits per heavy atom. The van der Waals surface area contributed by atoms with Gasteiger partial charge in [0.05, 0.1) is 5.56 Å². The van der Waals surface area contributed by atoms with Crippen LogP contribution in [0.3, 0.4) is 0 Å². The SMILES string of the molecule is C=CC(=O)c1cc(F)ccc1C(F)(F)F. The molecule has 0 amide bonds. The average Bonchev–Trinajstić information content (AvgIpc) is 2.14. The number of benzene rings is 1. The van der Waals surface area contributed by atoms with E-state index in [2.05, 4.69) is 6.58 Å². The number of hydrogen-bond acceptors (Lipinski definition) is 1. The molecule has 80 valence electrons. The Labute approximate surface area is 83.0 Å². The van der Waals surface area contributed by atoms with Gasteiger partial charge in [0.25, 0.3) is 0 Å². The van der Waals surface area contributed by atoms with Gasteiger partial charge in [0.1, 0.15) is 5.82 Å². The fourth-order valence-electron chi connectivity index (χ4n) is 1.08. The van der Waals surface area contributed by atoms with E-state index in [4.69, 9.17) is 0 Å². The van der Waals surface area contributed by atoms with Gasteiger partial charge >= 0.3 is 6.18 Å². The fraction of sp³-hybridized carbons (Fsp3) is 0.100. The minimum absolute atomic E-state index is 0.534. The summed E-state index contributed by atoms with van der Waals surface area (Å²) in [5, 5.41) is 0. The molecule has 0 aliphatic rings. The summed E-state index contributed by atoms with van der Waals surface area (Å²) >= 11 is 0. The minimum Gasteiger partial charge on any atom is -0.289 e. The molecule has 0 N–H and O–H groups in total. The zero-order valence-corrected chi connectivity index (χ0v) is 7.44. The Morgan fingerprint density at radius 3 is 2.40 bits per heavy atom. The first-order chi connectivity index (χ1) is 6.86. The molecule has 0 spiro atoms. The van der Waals surface area contributed by atoms with Gasteiger partial charge in [-0.3, -0.25) is 4.79 Å². The summed E-state index contributed by atoms with van der Waals surface area (Å²) in [7, 11) is 0. The van der Waals surface area contributed by atoms with Crippen molar-refractivity contribution in [1.29, 1.82) is 0 Å². The Balaban J connectivity index is 3.39. The van der Waals surface area contributed by atoms with Crippen molar-refractivity contribution in [3.8, 4) is 0 Å². The third-order valence-corrected chi connectivity index (χ3v) is 1.74. The number of halogens is 4. The fourth-order valence-corrected chi connectivity index (χ4v) is 1.08. The van der Waals surface area contributed by atoms with Crippen LogP contribution in [0.5, 0.6) is 0 Å². The third kappa shape index (κ3) is 2.43. The van der Waals surface area contributed by atoms with E-state index in [9.17, 15) is 22.4 Å². The van der Waals surface area contributed by atoms with Crippen molar-refractivity contribution in [1.82, 2.24) is 0 Å². The summed E-state index contributed by atoms with van der Waals surface area (Å²) in [6.07, 6.45) is -3.97. The standard InChI is InChI=1S/C10H6F4O/c1-2-9(15)7-5-6(11)3-4-8(7)10(12,13)14/h2-5H,1H2. The number of ketones is 1. The lowest BCUT2D eigenvalue weighted by Gasteiger charge is -2.10. The van der Waals surface area contributed by atoms with Gasteiger partial charge in [0.15, 0.2) is 5.78 Å². The van der Waals surface area contributed by atoms with Gasteiger partial charge in [-0.05, 0) is 24.3 Å². The summed E-state index contributed by atoms with van der Waals surface area (Å²) in [6, 6.07) is 1.74.